The number of aromatic nitrogens is 1. The maximum absolute atomic E-state index is 11.4. The van der Waals surface area contributed by atoms with Crippen LogP contribution < -0.4 is 0 Å². The highest BCUT2D eigenvalue weighted by molar-refractivity contribution is 6.29. The van der Waals surface area contributed by atoms with Crippen molar-refractivity contribution in [1.82, 2.24) is 4.98 Å². The SMILES string of the molecule is COC(=O)C1CCc2nc(Cl)ccc21. The summed E-state index contributed by atoms with van der Waals surface area (Å²) >= 11 is 5.76. The molecule has 0 aromatic carbocycles. The third kappa shape index (κ3) is 1.48. The van der Waals surface area contributed by atoms with E-state index in [2.05, 4.69) is 4.98 Å². The van der Waals surface area contributed by atoms with E-state index in [0.717, 1.165) is 24.1 Å². The fourth-order valence-electron chi connectivity index (χ4n) is 1.83. The topological polar surface area (TPSA) is 39.2 Å². The van der Waals surface area contributed by atoms with Gasteiger partial charge in [-0.1, -0.05) is 17.7 Å². The zero-order valence-electron chi connectivity index (χ0n) is 7.79. The monoisotopic (exact) mass is 211 g/mol. The summed E-state index contributed by atoms with van der Waals surface area (Å²) in [7, 11) is 1.41. The molecule has 2 rings (SSSR count). The largest absolute Gasteiger partial charge is 0.469 e. The molecule has 1 heterocycles. The highest BCUT2D eigenvalue weighted by Crippen LogP contribution is 2.33. The van der Waals surface area contributed by atoms with Crippen LogP contribution in [0.25, 0.3) is 0 Å². The minimum absolute atomic E-state index is 0.153. The van der Waals surface area contributed by atoms with Crippen molar-refractivity contribution in [1.29, 1.82) is 0 Å². The molecule has 0 spiro atoms. The Labute approximate surface area is 87.0 Å². The second kappa shape index (κ2) is 3.58. The number of methoxy groups -OCH3 is 1. The summed E-state index contributed by atoms with van der Waals surface area (Å²) in [4.78, 5) is 15.6. The molecular weight excluding hydrogens is 202 g/mol. The van der Waals surface area contributed by atoms with Gasteiger partial charge in [-0.2, -0.15) is 0 Å². The van der Waals surface area contributed by atoms with Gasteiger partial charge in [0.1, 0.15) is 5.15 Å². The molecule has 1 aromatic rings. The van der Waals surface area contributed by atoms with Gasteiger partial charge in [-0.05, 0) is 24.5 Å². The Hall–Kier alpha value is -1.09. The van der Waals surface area contributed by atoms with Crippen molar-refractivity contribution >= 4 is 17.6 Å². The Morgan fingerprint density at radius 3 is 3.14 bits per heavy atom. The van der Waals surface area contributed by atoms with Crippen molar-refractivity contribution in [2.75, 3.05) is 7.11 Å². The van der Waals surface area contributed by atoms with Gasteiger partial charge in [0.2, 0.25) is 0 Å². The van der Waals surface area contributed by atoms with Gasteiger partial charge in [0.15, 0.2) is 0 Å². The van der Waals surface area contributed by atoms with Crippen LogP contribution in [0, 0.1) is 0 Å². The minimum atomic E-state index is -0.187. The van der Waals surface area contributed by atoms with E-state index >= 15 is 0 Å². The first-order valence-corrected chi connectivity index (χ1v) is 4.83. The normalized spacial score (nSPS) is 19.1. The number of hydrogen-bond donors (Lipinski definition) is 0. The quantitative estimate of drug-likeness (QED) is 0.527. The lowest BCUT2D eigenvalue weighted by Gasteiger charge is -2.07. The molecule has 1 atom stereocenters. The number of hydrogen-bond acceptors (Lipinski definition) is 3. The molecule has 0 bridgehead atoms. The molecule has 1 unspecified atom stereocenters. The summed E-state index contributed by atoms with van der Waals surface area (Å²) in [6.45, 7) is 0. The van der Waals surface area contributed by atoms with Gasteiger partial charge in [-0.3, -0.25) is 4.79 Å². The van der Waals surface area contributed by atoms with Crippen molar-refractivity contribution in [3.8, 4) is 0 Å². The van der Waals surface area contributed by atoms with E-state index in [1.165, 1.54) is 7.11 Å². The number of carbonyl (C=O) groups is 1. The molecule has 0 N–H and O–H groups in total. The van der Waals surface area contributed by atoms with E-state index in [0.29, 0.717) is 5.15 Å². The Morgan fingerprint density at radius 1 is 1.64 bits per heavy atom. The zero-order chi connectivity index (χ0) is 10.1. The number of ether oxygens (including phenoxy) is 1. The number of halogens is 1. The molecule has 0 fully saturated rings. The first kappa shape index (κ1) is 9.46. The lowest BCUT2D eigenvalue weighted by Crippen LogP contribution is -2.11. The van der Waals surface area contributed by atoms with Crippen LogP contribution in [0.4, 0.5) is 0 Å². The molecule has 1 aliphatic carbocycles. The molecule has 4 heteroatoms. The molecule has 0 saturated heterocycles. The van der Waals surface area contributed by atoms with Crippen molar-refractivity contribution in [2.45, 2.75) is 18.8 Å². The average molecular weight is 212 g/mol. The smallest absolute Gasteiger partial charge is 0.313 e. The first-order chi connectivity index (χ1) is 6.72. The molecule has 0 aliphatic heterocycles. The van der Waals surface area contributed by atoms with Crippen LogP contribution >= 0.6 is 11.6 Å². The van der Waals surface area contributed by atoms with Crippen molar-refractivity contribution in [3.05, 3.63) is 28.5 Å². The summed E-state index contributed by atoms with van der Waals surface area (Å²) < 4.78 is 4.72. The lowest BCUT2D eigenvalue weighted by atomic mass is 10.0. The Morgan fingerprint density at radius 2 is 2.43 bits per heavy atom. The maximum atomic E-state index is 11.4. The molecule has 1 aromatic heterocycles. The van der Waals surface area contributed by atoms with Crippen LogP contribution in [-0.2, 0) is 16.0 Å². The predicted octanol–water partition coefficient (Wildman–Crippen LogP) is 1.94. The summed E-state index contributed by atoms with van der Waals surface area (Å²) in [5, 5.41) is 0.481. The number of fused-ring (bicyclic) bond motifs is 1. The summed E-state index contributed by atoms with van der Waals surface area (Å²) in [5.74, 6) is -0.340. The summed E-state index contributed by atoms with van der Waals surface area (Å²) in [6.07, 6.45) is 1.57. The Balaban J connectivity index is 2.35. The van der Waals surface area contributed by atoms with Gasteiger partial charge in [0, 0.05) is 5.69 Å². The van der Waals surface area contributed by atoms with Gasteiger partial charge in [0.05, 0.1) is 13.0 Å². The number of esters is 1. The van der Waals surface area contributed by atoms with Crippen LogP contribution in [0.1, 0.15) is 23.6 Å². The van der Waals surface area contributed by atoms with Crippen LogP contribution in [-0.4, -0.2) is 18.1 Å². The maximum Gasteiger partial charge on any atom is 0.313 e. The van der Waals surface area contributed by atoms with E-state index in [1.807, 2.05) is 6.07 Å². The van der Waals surface area contributed by atoms with Crippen molar-refractivity contribution in [3.63, 3.8) is 0 Å². The number of pyridine rings is 1. The van der Waals surface area contributed by atoms with Gasteiger partial charge in [-0.15, -0.1) is 0 Å². The molecule has 1 aliphatic rings. The summed E-state index contributed by atoms with van der Waals surface area (Å²) in [5.41, 5.74) is 1.88. The highest BCUT2D eigenvalue weighted by atomic mass is 35.5. The zero-order valence-corrected chi connectivity index (χ0v) is 8.54. The molecule has 0 radical (unpaired) electrons. The molecule has 74 valence electrons. The van der Waals surface area contributed by atoms with E-state index < -0.39 is 0 Å². The average Bonchev–Trinajstić information content (AvgIpc) is 2.59. The molecule has 0 saturated carbocycles. The van der Waals surface area contributed by atoms with E-state index in [-0.39, 0.29) is 11.9 Å². The minimum Gasteiger partial charge on any atom is -0.469 e. The highest BCUT2D eigenvalue weighted by Gasteiger charge is 2.30. The number of rotatable bonds is 1. The van der Waals surface area contributed by atoms with Crippen LogP contribution in [0.15, 0.2) is 12.1 Å². The van der Waals surface area contributed by atoms with Crippen LogP contribution in [0.3, 0.4) is 0 Å². The fourth-order valence-corrected chi connectivity index (χ4v) is 1.99. The predicted molar refractivity (Wildman–Crippen MR) is 52.3 cm³/mol. The molecule has 3 nitrogen and oxygen atoms in total. The first-order valence-electron chi connectivity index (χ1n) is 4.45. The van der Waals surface area contributed by atoms with Gasteiger partial charge in [-0.25, -0.2) is 4.98 Å². The third-order valence-electron chi connectivity index (χ3n) is 2.51. The number of aryl methyl sites for hydroxylation is 1. The molecule has 0 amide bonds. The summed E-state index contributed by atoms with van der Waals surface area (Å²) in [6, 6.07) is 3.57. The van der Waals surface area contributed by atoms with E-state index in [4.69, 9.17) is 16.3 Å². The van der Waals surface area contributed by atoms with Crippen molar-refractivity contribution in [2.24, 2.45) is 0 Å². The fraction of sp³-hybridized carbons (Fsp3) is 0.400. The third-order valence-corrected chi connectivity index (χ3v) is 2.72. The van der Waals surface area contributed by atoms with Gasteiger partial charge in [0.25, 0.3) is 0 Å². The second-order valence-electron chi connectivity index (χ2n) is 3.28. The number of carbonyl (C=O) groups excluding carboxylic acids is 1. The van der Waals surface area contributed by atoms with Crippen molar-refractivity contribution < 1.29 is 9.53 Å². The number of nitrogens with zero attached hydrogens (tertiary/aromatic N) is 1. The van der Waals surface area contributed by atoms with Crippen LogP contribution in [0.5, 0.6) is 0 Å². The standard InChI is InChI=1S/C10H10ClNO2/c1-14-10(13)7-2-4-8-6(7)3-5-9(11)12-8/h3,5,7H,2,4H2,1H3. The van der Waals surface area contributed by atoms with Crippen LogP contribution in [0.2, 0.25) is 5.15 Å². The Bertz CT molecular complexity index is 378. The molecular formula is C10H10ClNO2. The van der Waals surface area contributed by atoms with Gasteiger partial charge < -0.3 is 4.74 Å². The van der Waals surface area contributed by atoms with Gasteiger partial charge >= 0.3 is 5.97 Å². The van der Waals surface area contributed by atoms with E-state index in [9.17, 15) is 4.79 Å². The second-order valence-corrected chi connectivity index (χ2v) is 3.67. The lowest BCUT2D eigenvalue weighted by molar-refractivity contribution is -0.142. The molecule has 14 heavy (non-hydrogen) atoms. The van der Waals surface area contributed by atoms with E-state index in [1.54, 1.807) is 6.07 Å². The Kier molecular flexibility index (Phi) is 2.42.